The summed E-state index contributed by atoms with van der Waals surface area (Å²) in [7, 11) is -8.70. The lowest BCUT2D eigenvalue weighted by atomic mass is 9.94. The predicted molar refractivity (Wildman–Crippen MR) is 397 cm³/mol. The molecule has 1 aromatic heterocycles. The molecule has 584 valence electrons. The number of nitrogens with zero attached hydrogens (tertiary/aromatic N) is 1. The first-order chi connectivity index (χ1) is 49.0. The molecular formula is C72H107N15O17S2. The topological polar surface area (TPSA) is 481 Å². The summed E-state index contributed by atoms with van der Waals surface area (Å²) in [5.41, 5.74) is 9.41. The molecule has 34 heteroatoms. The van der Waals surface area contributed by atoms with E-state index in [0.29, 0.717) is 74.2 Å². The fourth-order valence-corrected chi connectivity index (χ4v) is 15.8. The van der Waals surface area contributed by atoms with Gasteiger partial charge in [0.15, 0.2) is 0 Å². The van der Waals surface area contributed by atoms with Gasteiger partial charge in [-0.15, -0.1) is 0 Å². The summed E-state index contributed by atoms with van der Waals surface area (Å²) in [6, 6.07) is -1.33. The number of nitrogens with one attached hydrogen (secondary N) is 13. The van der Waals surface area contributed by atoms with Crippen LogP contribution in [0.4, 0.5) is 4.79 Å². The van der Waals surface area contributed by atoms with E-state index in [-0.39, 0.29) is 67.3 Å². The van der Waals surface area contributed by atoms with E-state index in [4.69, 9.17) is 30.8 Å². The van der Waals surface area contributed by atoms with E-state index in [1.165, 1.54) is 17.7 Å². The zero-order chi connectivity index (χ0) is 79.6. The molecule has 3 aromatic carbocycles. The molecule has 0 fully saturated rings. The van der Waals surface area contributed by atoms with Crippen molar-refractivity contribution in [3.8, 4) is 11.5 Å². The molecule has 2 aliphatic rings. The number of fused-ring (bicyclic) bond motifs is 3. The number of carbonyl (C=O) groups excluding carboxylic acids is 8. The second-order valence-electron chi connectivity index (χ2n) is 30.2. The minimum Gasteiger partial charge on any atom is -0.487 e. The molecule has 0 bridgehead atoms. The van der Waals surface area contributed by atoms with Crippen molar-refractivity contribution in [2.24, 2.45) is 17.6 Å². The number of para-hydroxylation sites is 1. The Morgan fingerprint density at radius 1 is 0.594 bits per heavy atom. The number of carboxylic acid groups (broad SMARTS) is 1. The number of carboxylic acids is 1. The number of amides is 7. The lowest BCUT2D eigenvalue weighted by Gasteiger charge is -2.29. The summed E-state index contributed by atoms with van der Waals surface area (Å²) in [5, 5.41) is 50.4. The average Bonchev–Trinajstić information content (AvgIpc) is 1.34. The van der Waals surface area contributed by atoms with Crippen molar-refractivity contribution in [2.75, 3.05) is 26.2 Å². The quantitative estimate of drug-likeness (QED) is 0.0189. The van der Waals surface area contributed by atoms with Gasteiger partial charge in [0.1, 0.15) is 65.1 Å². The molecule has 6 atom stereocenters. The maximum atomic E-state index is 14.7. The first-order valence-electron chi connectivity index (χ1n) is 35.2. The van der Waals surface area contributed by atoms with Gasteiger partial charge in [-0.25, -0.2) is 31.1 Å². The van der Waals surface area contributed by atoms with E-state index >= 15 is 0 Å². The van der Waals surface area contributed by atoms with Crippen molar-refractivity contribution in [1.29, 1.82) is 10.8 Å². The summed E-state index contributed by atoms with van der Waals surface area (Å²) in [4.78, 5) is 124. The number of ether oxygens (including phenoxy) is 3. The Hall–Kier alpha value is -9.57. The zero-order valence-corrected chi connectivity index (χ0v) is 65.4. The highest BCUT2D eigenvalue weighted by atomic mass is 32.2. The molecule has 7 amide bonds. The number of hydrogen-bond acceptors (Lipinski definition) is 19. The minimum atomic E-state index is -4.38. The Morgan fingerprint density at radius 3 is 1.51 bits per heavy atom. The molecule has 2 aliphatic heterocycles. The van der Waals surface area contributed by atoms with Crippen LogP contribution in [0.3, 0.4) is 0 Å². The minimum absolute atomic E-state index is 0.00440. The number of guanidine groups is 2. The van der Waals surface area contributed by atoms with Gasteiger partial charge in [0, 0.05) is 55.1 Å². The highest BCUT2D eigenvalue weighted by molar-refractivity contribution is 7.90. The largest absolute Gasteiger partial charge is 0.487 e. The molecule has 16 N–H and O–H groups in total. The molecule has 32 nitrogen and oxygen atoms in total. The number of benzene rings is 3. The highest BCUT2D eigenvalue weighted by Crippen LogP contribution is 2.45. The SMILES string of the molecule is Cc1c(C)c(S(=O)(=O)NC(=N)NCCC[C@H](NC(=O)CNC(=O)[C@H](CCCNC(=N)NS(=O)(=O)c2c(C)c(C)c3c(c2C)CC(C)(C)O3)NC(=O)[C@@H](NC(=O)[C@H](CC(C)C)NC(=O)[C@H](Cc2cn(C(=O)OC(C)(C)C)c3ccccc23)NC(=O)[C@H](C)N)C(C)C)C(=O)NCC(=O)O)c(C)c2c1OC(C)(C)C2. The molecule has 0 unspecified atom stereocenters. The van der Waals surface area contributed by atoms with Crippen LogP contribution in [0.2, 0.25) is 0 Å². The van der Waals surface area contributed by atoms with Gasteiger partial charge < -0.3 is 72.9 Å². The number of carbonyl (C=O) groups is 9. The molecule has 0 spiro atoms. The Labute approximate surface area is 619 Å². The molecule has 0 saturated carbocycles. The lowest BCUT2D eigenvalue weighted by molar-refractivity contribution is -0.138. The molecular weight excluding hydrogens is 1410 g/mol. The van der Waals surface area contributed by atoms with Crippen molar-refractivity contribution in [3.05, 3.63) is 80.5 Å². The standard InChI is InChI=1S/C72H107N15O17S2/c1-36(2)29-51(83-64(94)52(82-61(91)44(11)73)30-45-35-87(69(97)104-70(12,13)14)53-26-20-19-23-46(45)53)65(95)84-56(37(3)4)66(96)81-50(25-22-28-77-68(75)86-106(100,101)60-41(8)39(6)58-48(43(60)10)32-72(17,18)103-58)63(93)78-33-54(88)80-49(62(92)79-34-55(89)90)24-21-27-76-67(74)85-105(98,99)59-40(7)38(5)57-47(42(59)9)31-71(15,16)102-57/h19-20,23,26,35-37,44,49-52,56H,21-22,24-25,27-34,73H2,1-18H3,(H,78,93)(H,79,92)(H,80,88)(H,81,96)(H,82,91)(H,83,94)(H,84,95)(H,89,90)(H3,74,76,85)(H3,75,77,86)/t44-,49-,50-,51-,52-,56-/m0/s1. The van der Waals surface area contributed by atoms with Crippen molar-refractivity contribution in [1.82, 2.24) is 61.9 Å². The van der Waals surface area contributed by atoms with Crippen LogP contribution < -0.4 is 72.5 Å². The summed E-state index contributed by atoms with van der Waals surface area (Å²) >= 11 is 0. The van der Waals surface area contributed by atoms with E-state index in [2.05, 4.69) is 57.3 Å². The van der Waals surface area contributed by atoms with Gasteiger partial charge in [0.25, 0.3) is 20.0 Å². The van der Waals surface area contributed by atoms with Gasteiger partial charge in [-0.2, -0.15) is 0 Å². The number of nitrogens with two attached hydrogens (primary N) is 1. The van der Waals surface area contributed by atoms with Crippen LogP contribution in [-0.2, 0) is 82.4 Å². The van der Waals surface area contributed by atoms with E-state index in [9.17, 15) is 65.1 Å². The second-order valence-corrected chi connectivity index (χ2v) is 33.4. The number of hydrogen-bond donors (Lipinski definition) is 15. The predicted octanol–water partition coefficient (Wildman–Crippen LogP) is 3.60. The second kappa shape index (κ2) is 34.8. The van der Waals surface area contributed by atoms with Crippen LogP contribution in [0.15, 0.2) is 40.3 Å². The summed E-state index contributed by atoms with van der Waals surface area (Å²) in [6.07, 6.45) is 1.01. The molecule has 0 aliphatic carbocycles. The third-order valence-corrected chi connectivity index (χ3v) is 21.3. The Morgan fingerprint density at radius 2 is 1.05 bits per heavy atom. The summed E-state index contributed by atoms with van der Waals surface area (Å²) in [5.74, 6) is -8.51. The third-order valence-electron chi connectivity index (χ3n) is 18.1. The summed E-state index contributed by atoms with van der Waals surface area (Å²) in [6.45, 7) is 29.1. The fourth-order valence-electron chi connectivity index (χ4n) is 12.8. The fraction of sp³-hybridized carbons (Fsp3) is 0.569. The smallest absolute Gasteiger partial charge is 0.419 e. The Balaban J connectivity index is 1.19. The molecule has 6 rings (SSSR count). The number of aliphatic carboxylic acids is 1. The Bertz CT molecular complexity index is 4310. The van der Waals surface area contributed by atoms with Crippen LogP contribution in [0, 0.1) is 64.2 Å². The van der Waals surface area contributed by atoms with Gasteiger partial charge in [-0.1, -0.05) is 45.9 Å². The number of sulfonamides is 2. The normalized spacial score (nSPS) is 15.3. The zero-order valence-electron chi connectivity index (χ0n) is 63.8. The maximum absolute atomic E-state index is 14.7. The van der Waals surface area contributed by atoms with Crippen molar-refractivity contribution >= 4 is 96.3 Å². The monoisotopic (exact) mass is 1520 g/mol. The van der Waals surface area contributed by atoms with E-state index in [1.807, 2.05) is 27.7 Å². The van der Waals surface area contributed by atoms with Crippen LogP contribution >= 0.6 is 0 Å². The van der Waals surface area contributed by atoms with E-state index < -0.39 is 157 Å². The van der Waals surface area contributed by atoms with Gasteiger partial charge >= 0.3 is 12.1 Å². The van der Waals surface area contributed by atoms with Crippen LogP contribution in [0.1, 0.15) is 165 Å². The van der Waals surface area contributed by atoms with Crippen LogP contribution in [0.5, 0.6) is 11.5 Å². The Kier molecular flexibility index (Phi) is 28.0. The van der Waals surface area contributed by atoms with Crippen LogP contribution in [0.25, 0.3) is 10.9 Å². The molecule has 4 aromatic rings. The van der Waals surface area contributed by atoms with Gasteiger partial charge in [0.2, 0.25) is 53.3 Å². The molecule has 106 heavy (non-hydrogen) atoms. The van der Waals surface area contributed by atoms with Gasteiger partial charge in [-0.3, -0.25) is 53.7 Å². The van der Waals surface area contributed by atoms with Crippen molar-refractivity contribution in [2.45, 2.75) is 239 Å². The van der Waals surface area contributed by atoms with E-state index in [1.54, 1.807) is 114 Å². The highest BCUT2D eigenvalue weighted by Gasteiger charge is 2.40. The maximum Gasteiger partial charge on any atom is 0.419 e. The first kappa shape index (κ1) is 85.4. The van der Waals surface area contributed by atoms with Crippen molar-refractivity contribution in [3.63, 3.8) is 0 Å². The average molecular weight is 1520 g/mol. The molecule has 0 radical (unpaired) electrons. The van der Waals surface area contributed by atoms with Crippen LogP contribution in [-0.4, -0.2) is 171 Å². The van der Waals surface area contributed by atoms with Crippen molar-refractivity contribution < 1.29 is 79.3 Å². The summed E-state index contributed by atoms with van der Waals surface area (Å²) < 4.78 is 79.5. The van der Waals surface area contributed by atoms with E-state index in [0.717, 1.165) is 11.1 Å². The van der Waals surface area contributed by atoms with Gasteiger partial charge in [0.05, 0.1) is 27.9 Å². The number of aromatic nitrogens is 1. The first-order valence-corrected chi connectivity index (χ1v) is 38.2. The van der Waals surface area contributed by atoms with Gasteiger partial charge in [-0.05, 0) is 186 Å². The third kappa shape index (κ3) is 22.3. The molecule has 0 saturated heterocycles. The lowest BCUT2D eigenvalue weighted by Crippen LogP contribution is -2.60. The molecule has 3 heterocycles. The number of rotatable bonds is 32.